The van der Waals surface area contributed by atoms with E-state index in [0.717, 1.165) is 16.9 Å². The van der Waals surface area contributed by atoms with Crippen molar-refractivity contribution in [1.82, 2.24) is 14.7 Å². The molecule has 0 saturated carbocycles. The summed E-state index contributed by atoms with van der Waals surface area (Å²) in [7, 11) is 0. The van der Waals surface area contributed by atoms with Gasteiger partial charge in [-0.1, -0.05) is 41.9 Å². The van der Waals surface area contributed by atoms with Crippen molar-refractivity contribution in [1.29, 1.82) is 0 Å². The SMILES string of the molecule is O=C(O)c1nn(-c2ccc(Cl)cc2)c2c1CN(C(=O)/C=C/c1ccccc1)CC2. The van der Waals surface area contributed by atoms with Crippen molar-refractivity contribution in [2.45, 2.75) is 13.0 Å². The predicted octanol–water partition coefficient (Wildman–Crippen LogP) is 3.82. The summed E-state index contributed by atoms with van der Waals surface area (Å²) in [6.07, 6.45) is 3.79. The van der Waals surface area contributed by atoms with Crippen LogP contribution in [0.25, 0.3) is 11.8 Å². The van der Waals surface area contributed by atoms with Gasteiger partial charge < -0.3 is 10.0 Å². The highest BCUT2D eigenvalue weighted by molar-refractivity contribution is 6.30. The van der Waals surface area contributed by atoms with Crippen LogP contribution in [-0.2, 0) is 17.8 Å². The van der Waals surface area contributed by atoms with Gasteiger partial charge in [0.1, 0.15) is 0 Å². The number of hydrogen-bond acceptors (Lipinski definition) is 3. The number of aromatic nitrogens is 2. The first-order chi connectivity index (χ1) is 14.0. The summed E-state index contributed by atoms with van der Waals surface area (Å²) in [5.41, 5.74) is 3.02. The molecule has 1 amide bonds. The zero-order chi connectivity index (χ0) is 20.4. The Morgan fingerprint density at radius 3 is 2.48 bits per heavy atom. The molecule has 6 nitrogen and oxygen atoms in total. The number of carboxylic acids is 1. The lowest BCUT2D eigenvalue weighted by Gasteiger charge is -2.26. The van der Waals surface area contributed by atoms with Crippen molar-refractivity contribution < 1.29 is 14.7 Å². The first kappa shape index (κ1) is 19.0. The number of rotatable bonds is 4. The number of carbonyl (C=O) groups is 2. The highest BCUT2D eigenvalue weighted by atomic mass is 35.5. The summed E-state index contributed by atoms with van der Waals surface area (Å²) < 4.78 is 1.64. The van der Waals surface area contributed by atoms with Crippen molar-refractivity contribution in [2.24, 2.45) is 0 Å². The average Bonchev–Trinajstić information content (AvgIpc) is 3.12. The van der Waals surface area contributed by atoms with Crippen molar-refractivity contribution in [2.75, 3.05) is 6.54 Å². The Labute approximate surface area is 172 Å². The fourth-order valence-corrected chi connectivity index (χ4v) is 3.54. The van der Waals surface area contributed by atoms with E-state index in [4.69, 9.17) is 11.6 Å². The second kappa shape index (κ2) is 7.93. The summed E-state index contributed by atoms with van der Waals surface area (Å²) in [5.74, 6) is -1.27. The van der Waals surface area contributed by atoms with E-state index in [-0.39, 0.29) is 18.1 Å². The largest absolute Gasteiger partial charge is 0.476 e. The van der Waals surface area contributed by atoms with Crippen molar-refractivity contribution >= 4 is 29.6 Å². The van der Waals surface area contributed by atoms with E-state index in [9.17, 15) is 14.7 Å². The molecule has 0 spiro atoms. The molecule has 0 radical (unpaired) electrons. The molecular weight excluding hydrogens is 390 g/mol. The molecule has 1 aliphatic rings. The van der Waals surface area contributed by atoms with Crippen LogP contribution in [-0.4, -0.2) is 38.2 Å². The molecule has 29 heavy (non-hydrogen) atoms. The highest BCUT2D eigenvalue weighted by Gasteiger charge is 2.29. The summed E-state index contributed by atoms with van der Waals surface area (Å²) in [6.45, 7) is 0.700. The maximum atomic E-state index is 12.6. The monoisotopic (exact) mass is 407 g/mol. The van der Waals surface area contributed by atoms with Crippen LogP contribution in [0.3, 0.4) is 0 Å². The van der Waals surface area contributed by atoms with E-state index >= 15 is 0 Å². The van der Waals surface area contributed by atoms with E-state index in [1.54, 1.807) is 39.9 Å². The third-order valence-corrected chi connectivity index (χ3v) is 5.11. The Morgan fingerprint density at radius 1 is 1.07 bits per heavy atom. The lowest BCUT2D eigenvalue weighted by Crippen LogP contribution is -2.35. The third-order valence-electron chi connectivity index (χ3n) is 4.86. The number of carbonyl (C=O) groups excluding carboxylic acids is 1. The van der Waals surface area contributed by atoms with Crippen LogP contribution in [0.5, 0.6) is 0 Å². The van der Waals surface area contributed by atoms with Gasteiger partial charge in [0.2, 0.25) is 5.91 Å². The van der Waals surface area contributed by atoms with Gasteiger partial charge >= 0.3 is 5.97 Å². The molecular formula is C22H18ClN3O3. The maximum absolute atomic E-state index is 12.6. The minimum Gasteiger partial charge on any atom is -0.476 e. The number of nitrogens with zero attached hydrogens (tertiary/aromatic N) is 3. The third kappa shape index (κ3) is 3.93. The van der Waals surface area contributed by atoms with Gasteiger partial charge in [0.15, 0.2) is 5.69 Å². The number of hydrogen-bond donors (Lipinski definition) is 1. The Balaban J connectivity index is 1.61. The molecule has 146 valence electrons. The average molecular weight is 408 g/mol. The smallest absolute Gasteiger partial charge is 0.356 e. The topological polar surface area (TPSA) is 75.4 Å². The van der Waals surface area contributed by atoms with E-state index in [1.165, 1.54) is 6.08 Å². The summed E-state index contributed by atoms with van der Waals surface area (Å²) in [4.78, 5) is 26.0. The summed E-state index contributed by atoms with van der Waals surface area (Å²) in [5, 5.41) is 14.5. The molecule has 0 bridgehead atoms. The first-order valence-corrected chi connectivity index (χ1v) is 9.53. The number of amides is 1. The first-order valence-electron chi connectivity index (χ1n) is 9.15. The second-order valence-electron chi connectivity index (χ2n) is 6.72. The molecule has 2 aromatic carbocycles. The molecule has 0 aliphatic carbocycles. The fourth-order valence-electron chi connectivity index (χ4n) is 3.41. The van der Waals surface area contributed by atoms with Gasteiger partial charge in [-0.05, 0) is 35.9 Å². The molecule has 7 heteroatoms. The van der Waals surface area contributed by atoms with E-state index in [2.05, 4.69) is 5.10 Å². The Bertz CT molecular complexity index is 1090. The highest BCUT2D eigenvalue weighted by Crippen LogP contribution is 2.26. The molecule has 2 heterocycles. The van der Waals surface area contributed by atoms with Crippen LogP contribution in [0.15, 0.2) is 60.7 Å². The van der Waals surface area contributed by atoms with Crippen LogP contribution < -0.4 is 0 Å². The Morgan fingerprint density at radius 2 is 1.79 bits per heavy atom. The molecule has 1 aliphatic heterocycles. The zero-order valence-corrected chi connectivity index (χ0v) is 16.2. The van der Waals surface area contributed by atoms with E-state index in [0.29, 0.717) is 23.6 Å². The number of aromatic carboxylic acids is 1. The van der Waals surface area contributed by atoms with Gasteiger partial charge in [-0.25, -0.2) is 9.48 Å². The lowest BCUT2D eigenvalue weighted by atomic mass is 10.0. The van der Waals surface area contributed by atoms with Crippen LogP contribution in [0.4, 0.5) is 0 Å². The van der Waals surface area contributed by atoms with Crippen molar-refractivity contribution in [3.8, 4) is 5.69 Å². The molecule has 1 aromatic heterocycles. The quantitative estimate of drug-likeness (QED) is 0.667. The number of halogens is 1. The van der Waals surface area contributed by atoms with Gasteiger partial charge in [-0.2, -0.15) is 5.10 Å². The van der Waals surface area contributed by atoms with Gasteiger partial charge in [0.25, 0.3) is 0 Å². The fraction of sp³-hybridized carbons (Fsp3) is 0.136. The van der Waals surface area contributed by atoms with Gasteiger partial charge in [0, 0.05) is 29.6 Å². The van der Waals surface area contributed by atoms with Crippen LogP contribution in [0.2, 0.25) is 5.02 Å². The molecule has 0 atom stereocenters. The molecule has 4 rings (SSSR count). The maximum Gasteiger partial charge on any atom is 0.356 e. The van der Waals surface area contributed by atoms with Crippen LogP contribution in [0.1, 0.15) is 27.3 Å². The Kier molecular flexibility index (Phi) is 5.18. The van der Waals surface area contributed by atoms with Gasteiger partial charge in [-0.3, -0.25) is 4.79 Å². The zero-order valence-electron chi connectivity index (χ0n) is 15.5. The number of carboxylic acid groups (broad SMARTS) is 1. The van der Waals surface area contributed by atoms with Crippen molar-refractivity contribution in [3.63, 3.8) is 0 Å². The minimum atomic E-state index is -1.11. The lowest BCUT2D eigenvalue weighted by molar-refractivity contribution is -0.126. The number of fused-ring (bicyclic) bond motifs is 1. The van der Waals surface area contributed by atoms with Crippen molar-refractivity contribution in [3.05, 3.63) is 88.2 Å². The molecule has 0 fully saturated rings. The van der Waals surface area contributed by atoms with Crippen LogP contribution in [0, 0.1) is 0 Å². The van der Waals surface area contributed by atoms with Crippen LogP contribution >= 0.6 is 11.6 Å². The minimum absolute atomic E-state index is 0.0283. The summed E-state index contributed by atoms with van der Waals surface area (Å²) in [6, 6.07) is 16.6. The molecule has 1 N–H and O–H groups in total. The molecule has 0 saturated heterocycles. The van der Waals surface area contributed by atoms with E-state index in [1.807, 2.05) is 30.3 Å². The molecule has 0 unspecified atom stereocenters. The van der Waals surface area contributed by atoms with E-state index < -0.39 is 5.97 Å². The number of benzene rings is 2. The predicted molar refractivity (Wildman–Crippen MR) is 110 cm³/mol. The van der Waals surface area contributed by atoms with Gasteiger partial charge in [-0.15, -0.1) is 0 Å². The Hall–Kier alpha value is -3.38. The summed E-state index contributed by atoms with van der Waals surface area (Å²) >= 11 is 5.95. The second-order valence-corrected chi connectivity index (χ2v) is 7.16. The molecule has 3 aromatic rings. The normalized spacial score (nSPS) is 13.5. The standard InChI is InChI=1S/C22H18ClN3O3/c23-16-7-9-17(10-8-16)26-19-12-13-25(14-18(19)21(24-26)22(28)29)20(27)11-6-15-4-2-1-3-5-15/h1-11H,12-14H2,(H,28,29)/b11-6+. The van der Waals surface area contributed by atoms with Gasteiger partial charge in [0.05, 0.1) is 17.9 Å².